The van der Waals surface area contributed by atoms with Crippen molar-refractivity contribution in [2.75, 3.05) is 0 Å². The first-order valence-electron chi connectivity index (χ1n) is 6.76. The third-order valence-electron chi connectivity index (χ3n) is 3.67. The Labute approximate surface area is 135 Å². The molecule has 0 amide bonds. The second-order valence-electron chi connectivity index (χ2n) is 5.17. The zero-order valence-electron chi connectivity index (χ0n) is 12.1. The number of aromatic nitrogens is 3. The second kappa shape index (κ2) is 5.43. The highest BCUT2D eigenvalue weighted by atomic mass is 79.9. The second-order valence-corrected chi connectivity index (χ2v) is 6.08. The topological polar surface area (TPSA) is 73.9 Å². The summed E-state index contributed by atoms with van der Waals surface area (Å²) in [6.07, 6.45) is 0.508. The molecule has 0 aliphatic carbocycles. The first-order valence-corrected chi connectivity index (χ1v) is 7.56. The molecule has 6 heteroatoms. The van der Waals surface area contributed by atoms with E-state index in [2.05, 4.69) is 32.1 Å². The van der Waals surface area contributed by atoms with E-state index in [4.69, 9.17) is 0 Å². The normalized spacial score (nSPS) is 10.8. The maximum atomic E-state index is 12.7. The number of aromatic amines is 1. The highest BCUT2D eigenvalue weighted by Crippen LogP contribution is 2.16. The van der Waals surface area contributed by atoms with Crippen LogP contribution in [0.25, 0.3) is 5.65 Å². The molecule has 0 saturated heterocycles. The average molecular weight is 357 g/mol. The summed E-state index contributed by atoms with van der Waals surface area (Å²) in [5.74, 6) is 0. The third-order valence-corrected chi connectivity index (χ3v) is 4.20. The molecule has 3 rings (SSSR count). The van der Waals surface area contributed by atoms with Crippen LogP contribution in [0.4, 0.5) is 0 Å². The lowest BCUT2D eigenvalue weighted by molar-refractivity contribution is 0.847. The van der Waals surface area contributed by atoms with Gasteiger partial charge in [-0.1, -0.05) is 28.1 Å². The SMILES string of the molecule is Cc1nc2c(C#N)c(C)[nH]n2c(=O)c1Cc1ccc(Br)cc1. The van der Waals surface area contributed by atoms with Crippen LogP contribution in [-0.4, -0.2) is 14.6 Å². The van der Waals surface area contributed by atoms with Crippen LogP contribution in [-0.2, 0) is 6.42 Å². The van der Waals surface area contributed by atoms with Crippen molar-refractivity contribution in [3.05, 3.63) is 67.2 Å². The lowest BCUT2D eigenvalue weighted by Crippen LogP contribution is -2.22. The van der Waals surface area contributed by atoms with Gasteiger partial charge in [0.25, 0.3) is 5.56 Å². The summed E-state index contributed by atoms with van der Waals surface area (Å²) in [7, 11) is 0. The number of fused-ring (bicyclic) bond motifs is 1. The molecular weight excluding hydrogens is 344 g/mol. The van der Waals surface area contributed by atoms with Crippen molar-refractivity contribution in [1.29, 1.82) is 5.26 Å². The number of nitrogens with zero attached hydrogens (tertiary/aromatic N) is 3. The molecule has 1 N–H and O–H groups in total. The van der Waals surface area contributed by atoms with E-state index < -0.39 is 0 Å². The van der Waals surface area contributed by atoms with E-state index in [1.54, 1.807) is 13.8 Å². The van der Waals surface area contributed by atoms with Gasteiger partial charge in [-0.2, -0.15) is 9.78 Å². The summed E-state index contributed by atoms with van der Waals surface area (Å²) in [5, 5.41) is 12.1. The highest BCUT2D eigenvalue weighted by Gasteiger charge is 2.16. The third kappa shape index (κ3) is 2.34. The van der Waals surface area contributed by atoms with Gasteiger partial charge in [-0.25, -0.2) is 4.98 Å². The smallest absolute Gasteiger partial charge is 0.276 e. The van der Waals surface area contributed by atoms with Crippen LogP contribution in [0.2, 0.25) is 0 Å². The lowest BCUT2D eigenvalue weighted by atomic mass is 10.1. The Bertz CT molecular complexity index is 961. The minimum absolute atomic E-state index is 0.157. The van der Waals surface area contributed by atoms with Gasteiger partial charge in [-0.05, 0) is 31.5 Å². The summed E-state index contributed by atoms with van der Waals surface area (Å²) >= 11 is 3.40. The molecule has 2 aromatic heterocycles. The van der Waals surface area contributed by atoms with E-state index in [1.165, 1.54) is 4.52 Å². The molecule has 0 unspecified atom stereocenters. The van der Waals surface area contributed by atoms with Gasteiger partial charge in [0, 0.05) is 22.2 Å². The molecule has 0 fully saturated rings. The van der Waals surface area contributed by atoms with Gasteiger partial charge in [0.05, 0.1) is 5.69 Å². The van der Waals surface area contributed by atoms with E-state index in [0.717, 1.165) is 10.0 Å². The van der Waals surface area contributed by atoms with E-state index in [1.807, 2.05) is 24.3 Å². The molecule has 0 saturated carbocycles. The minimum Gasteiger partial charge on any atom is -0.293 e. The van der Waals surface area contributed by atoms with Crippen LogP contribution in [0.15, 0.2) is 33.5 Å². The molecule has 110 valence electrons. The van der Waals surface area contributed by atoms with Crippen LogP contribution in [0, 0.1) is 25.2 Å². The van der Waals surface area contributed by atoms with Crippen molar-refractivity contribution in [2.24, 2.45) is 0 Å². The van der Waals surface area contributed by atoms with E-state index in [-0.39, 0.29) is 5.56 Å². The van der Waals surface area contributed by atoms with Gasteiger partial charge in [0.1, 0.15) is 11.6 Å². The van der Waals surface area contributed by atoms with Crippen molar-refractivity contribution < 1.29 is 0 Å². The Morgan fingerprint density at radius 2 is 2.00 bits per heavy atom. The predicted octanol–water partition coefficient (Wildman–Crippen LogP) is 2.86. The Balaban J connectivity index is 2.17. The minimum atomic E-state index is -0.157. The maximum absolute atomic E-state index is 12.7. The zero-order valence-corrected chi connectivity index (χ0v) is 13.7. The van der Waals surface area contributed by atoms with E-state index in [0.29, 0.717) is 34.6 Å². The van der Waals surface area contributed by atoms with Gasteiger partial charge < -0.3 is 0 Å². The van der Waals surface area contributed by atoms with Crippen LogP contribution < -0.4 is 5.56 Å². The number of hydrogen-bond donors (Lipinski definition) is 1. The Morgan fingerprint density at radius 3 is 2.64 bits per heavy atom. The first kappa shape index (κ1) is 14.5. The van der Waals surface area contributed by atoms with Gasteiger partial charge in [0.2, 0.25) is 0 Å². The van der Waals surface area contributed by atoms with Crippen molar-refractivity contribution >= 4 is 21.6 Å². The number of halogens is 1. The van der Waals surface area contributed by atoms with Crippen molar-refractivity contribution in [3.8, 4) is 6.07 Å². The molecule has 1 aromatic carbocycles. The van der Waals surface area contributed by atoms with Crippen LogP contribution in [0.1, 0.15) is 28.1 Å². The van der Waals surface area contributed by atoms with Crippen LogP contribution in [0.5, 0.6) is 0 Å². The molecule has 0 atom stereocenters. The zero-order chi connectivity index (χ0) is 15.9. The summed E-state index contributed by atoms with van der Waals surface area (Å²) in [6, 6.07) is 9.92. The summed E-state index contributed by atoms with van der Waals surface area (Å²) in [4.78, 5) is 17.1. The monoisotopic (exact) mass is 356 g/mol. The van der Waals surface area contributed by atoms with Crippen molar-refractivity contribution in [1.82, 2.24) is 14.6 Å². The number of nitrogens with one attached hydrogen (secondary N) is 1. The van der Waals surface area contributed by atoms with Crippen molar-refractivity contribution in [3.63, 3.8) is 0 Å². The number of rotatable bonds is 2. The van der Waals surface area contributed by atoms with Crippen LogP contribution >= 0.6 is 15.9 Å². The molecule has 0 aliphatic rings. The molecule has 0 aliphatic heterocycles. The first-order chi connectivity index (χ1) is 10.5. The predicted molar refractivity (Wildman–Crippen MR) is 86.9 cm³/mol. The maximum Gasteiger partial charge on any atom is 0.276 e. The lowest BCUT2D eigenvalue weighted by Gasteiger charge is -2.06. The van der Waals surface area contributed by atoms with Crippen molar-refractivity contribution in [2.45, 2.75) is 20.3 Å². The summed E-state index contributed by atoms with van der Waals surface area (Å²) < 4.78 is 2.35. The van der Waals surface area contributed by atoms with E-state index in [9.17, 15) is 10.1 Å². The fraction of sp³-hybridized carbons (Fsp3) is 0.188. The highest BCUT2D eigenvalue weighted by molar-refractivity contribution is 9.10. The van der Waals surface area contributed by atoms with Gasteiger partial charge >= 0.3 is 0 Å². The molecule has 2 heterocycles. The fourth-order valence-electron chi connectivity index (χ4n) is 2.47. The summed E-state index contributed by atoms with van der Waals surface area (Å²) in [6.45, 7) is 3.56. The molecule has 0 radical (unpaired) electrons. The number of benzene rings is 1. The largest absolute Gasteiger partial charge is 0.293 e. The molecule has 5 nitrogen and oxygen atoms in total. The van der Waals surface area contributed by atoms with Gasteiger partial charge in [0.15, 0.2) is 5.65 Å². The number of H-pyrrole nitrogens is 1. The molecule has 0 spiro atoms. The Kier molecular flexibility index (Phi) is 3.59. The molecule has 3 aromatic rings. The standard InChI is InChI=1S/C16H13BrN4O/c1-9-13(7-11-3-5-12(17)6-4-11)16(22)21-15(19-9)14(8-18)10(2)20-21/h3-6,20H,7H2,1-2H3. The Morgan fingerprint density at radius 1 is 1.32 bits per heavy atom. The van der Waals surface area contributed by atoms with E-state index >= 15 is 0 Å². The quantitative estimate of drug-likeness (QED) is 0.766. The van der Waals surface area contributed by atoms with Gasteiger partial charge in [-0.3, -0.25) is 9.89 Å². The van der Waals surface area contributed by atoms with Gasteiger partial charge in [-0.15, -0.1) is 0 Å². The average Bonchev–Trinajstić information content (AvgIpc) is 2.81. The number of aryl methyl sites for hydroxylation is 2. The number of nitriles is 1. The molecule has 0 bridgehead atoms. The fourth-order valence-corrected chi connectivity index (χ4v) is 2.73. The summed E-state index contributed by atoms with van der Waals surface area (Å²) in [5.41, 5.74) is 3.61. The number of hydrogen-bond acceptors (Lipinski definition) is 3. The molecular formula is C16H13BrN4O. The van der Waals surface area contributed by atoms with Crippen LogP contribution in [0.3, 0.4) is 0 Å². The Hall–Kier alpha value is -2.39. The molecule has 22 heavy (non-hydrogen) atoms.